The first kappa shape index (κ1) is 22.4. The summed E-state index contributed by atoms with van der Waals surface area (Å²) in [7, 11) is 3.71. The molecule has 172 valence electrons. The van der Waals surface area contributed by atoms with Crippen molar-refractivity contribution in [3.8, 4) is 5.75 Å². The number of methoxy groups -OCH3 is 1. The highest BCUT2D eigenvalue weighted by Gasteiger charge is 2.42. The molecule has 3 aliphatic rings. The fourth-order valence-electron chi connectivity index (χ4n) is 4.69. The third kappa shape index (κ3) is 4.28. The van der Waals surface area contributed by atoms with Crippen molar-refractivity contribution in [3.63, 3.8) is 0 Å². The van der Waals surface area contributed by atoms with Crippen LogP contribution in [0.25, 0.3) is 0 Å². The molecule has 2 aliphatic heterocycles. The minimum atomic E-state index is -0.00707. The van der Waals surface area contributed by atoms with Gasteiger partial charge in [0.1, 0.15) is 10.7 Å². The number of hydrogen-bond donors (Lipinski definition) is 0. The number of anilines is 1. The lowest BCUT2D eigenvalue weighted by Crippen LogP contribution is -2.40. The van der Waals surface area contributed by atoms with Crippen LogP contribution in [0.1, 0.15) is 50.6 Å². The van der Waals surface area contributed by atoms with Crippen LogP contribution in [0.4, 0.5) is 5.69 Å². The Kier molecular flexibility index (Phi) is 6.43. The Hall–Kier alpha value is -2.38. The molecule has 1 unspecified atom stereocenters. The molecule has 0 radical (unpaired) electrons. The second-order valence-corrected chi connectivity index (χ2v) is 10.7. The number of benzene rings is 2. The summed E-state index contributed by atoms with van der Waals surface area (Å²) in [5, 5.41) is 1.82. The van der Waals surface area contributed by atoms with Crippen LogP contribution in [0.3, 0.4) is 0 Å². The summed E-state index contributed by atoms with van der Waals surface area (Å²) in [5.41, 5.74) is 2.23. The zero-order chi connectivity index (χ0) is 22.9. The molecule has 0 N–H and O–H groups in total. The minimum Gasteiger partial charge on any atom is -0.497 e. The first-order valence-corrected chi connectivity index (χ1v) is 13.2. The smallest absolute Gasteiger partial charge is 0.269 e. The monoisotopic (exact) mass is 479 g/mol. The maximum Gasteiger partial charge on any atom is 0.269 e. The van der Waals surface area contributed by atoms with Gasteiger partial charge in [0.25, 0.3) is 5.91 Å². The Labute approximate surface area is 204 Å². The zero-order valence-electron chi connectivity index (χ0n) is 19.3. The maximum absolute atomic E-state index is 13.8. The number of hydrogen-bond acceptors (Lipinski definition) is 6. The zero-order valence-corrected chi connectivity index (χ0v) is 20.9. The number of nitrogens with zero attached hydrogens (tertiary/aromatic N) is 3. The van der Waals surface area contributed by atoms with E-state index >= 15 is 0 Å². The molecule has 5 rings (SSSR count). The van der Waals surface area contributed by atoms with Crippen LogP contribution in [0, 0.1) is 0 Å². The summed E-state index contributed by atoms with van der Waals surface area (Å²) in [6, 6.07) is 16.6. The fourth-order valence-corrected chi connectivity index (χ4v) is 7.13. The van der Waals surface area contributed by atoms with Gasteiger partial charge in [0.05, 0.1) is 23.9 Å². The van der Waals surface area contributed by atoms with Crippen LogP contribution in [0.15, 0.2) is 68.4 Å². The van der Waals surface area contributed by atoms with Crippen LogP contribution >= 0.6 is 23.5 Å². The molecule has 2 fully saturated rings. The van der Waals surface area contributed by atoms with Gasteiger partial charge in [-0.25, -0.2) is 0 Å². The predicted octanol–water partition coefficient (Wildman–Crippen LogP) is 6.43. The molecular formula is C26H29N3O2S2. The molecule has 1 atom stereocenters. The summed E-state index contributed by atoms with van der Waals surface area (Å²) in [4.78, 5) is 25.0. The van der Waals surface area contributed by atoms with Gasteiger partial charge in [-0.15, -0.1) is 0 Å². The van der Waals surface area contributed by atoms with Crippen molar-refractivity contribution in [2.75, 3.05) is 19.1 Å². The quantitative estimate of drug-likeness (QED) is 0.473. The lowest BCUT2D eigenvalue weighted by molar-refractivity contribution is -0.124. The Bertz CT molecular complexity index is 1110. The Morgan fingerprint density at radius 2 is 1.82 bits per heavy atom. The van der Waals surface area contributed by atoms with E-state index in [1.165, 1.54) is 31.0 Å². The number of carbonyl (C=O) groups is 1. The number of fused-ring (bicyclic) bond motifs is 1. The van der Waals surface area contributed by atoms with Crippen LogP contribution < -0.4 is 9.64 Å². The molecule has 7 heteroatoms. The summed E-state index contributed by atoms with van der Waals surface area (Å²) >= 11 is 3.19. The first-order chi connectivity index (χ1) is 16.1. The van der Waals surface area contributed by atoms with Gasteiger partial charge < -0.3 is 9.64 Å². The summed E-state index contributed by atoms with van der Waals surface area (Å²) in [6.07, 6.45) is 5.70. The molecule has 1 aliphatic carbocycles. The third-order valence-corrected chi connectivity index (χ3v) is 8.99. The van der Waals surface area contributed by atoms with Crippen molar-refractivity contribution in [1.82, 2.24) is 4.90 Å². The predicted molar refractivity (Wildman–Crippen MR) is 138 cm³/mol. The molecular weight excluding hydrogens is 450 g/mol. The number of carbonyl (C=O) groups excluding carboxylic acids is 1. The molecule has 1 amide bonds. The molecule has 2 aromatic rings. The molecule has 0 aromatic heterocycles. The molecule has 5 nitrogen and oxygen atoms in total. The highest BCUT2D eigenvalue weighted by atomic mass is 32.2. The van der Waals surface area contributed by atoms with Crippen molar-refractivity contribution in [1.29, 1.82) is 0 Å². The van der Waals surface area contributed by atoms with Crippen molar-refractivity contribution in [2.45, 2.75) is 56.0 Å². The Balaban J connectivity index is 1.52. The number of thioether (sulfide) groups is 2. The van der Waals surface area contributed by atoms with E-state index in [-0.39, 0.29) is 18.0 Å². The van der Waals surface area contributed by atoms with E-state index in [9.17, 15) is 4.79 Å². The number of amides is 1. The summed E-state index contributed by atoms with van der Waals surface area (Å²) in [6.45, 7) is 2.11. The average molecular weight is 480 g/mol. The van der Waals surface area contributed by atoms with Crippen LogP contribution in [-0.2, 0) is 4.79 Å². The van der Waals surface area contributed by atoms with Crippen molar-refractivity contribution in [3.05, 3.63) is 64.0 Å². The highest BCUT2D eigenvalue weighted by Crippen LogP contribution is 2.51. The number of ether oxygens (including phenoxy) is 1. The van der Waals surface area contributed by atoms with Crippen LogP contribution in [0.5, 0.6) is 5.75 Å². The second kappa shape index (κ2) is 9.47. The van der Waals surface area contributed by atoms with Crippen molar-refractivity contribution in [2.24, 2.45) is 4.99 Å². The number of amidine groups is 1. The van der Waals surface area contributed by atoms with E-state index in [2.05, 4.69) is 30.0 Å². The van der Waals surface area contributed by atoms with Gasteiger partial charge in [0, 0.05) is 24.1 Å². The molecule has 0 spiro atoms. The average Bonchev–Trinajstić information content (AvgIpc) is 3.35. The Morgan fingerprint density at radius 3 is 2.55 bits per heavy atom. The molecule has 0 bridgehead atoms. The first-order valence-electron chi connectivity index (χ1n) is 11.5. The normalized spacial score (nSPS) is 23.4. The van der Waals surface area contributed by atoms with E-state index in [0.29, 0.717) is 0 Å². The van der Waals surface area contributed by atoms with E-state index in [0.717, 1.165) is 49.8 Å². The minimum absolute atomic E-state index is 0.00707. The molecule has 2 heterocycles. The Morgan fingerprint density at radius 1 is 1.06 bits per heavy atom. The van der Waals surface area contributed by atoms with Gasteiger partial charge in [0.15, 0.2) is 5.17 Å². The SMILES string of the molecule is COc1ccc2c(c1)N(C)C(=C1SC(=NC(C)c3ccccc3)N(C3CCCCC3)C1=O)S2. The lowest BCUT2D eigenvalue weighted by atomic mass is 9.94. The van der Waals surface area contributed by atoms with Crippen LogP contribution in [-0.4, -0.2) is 36.2 Å². The topological polar surface area (TPSA) is 45.1 Å². The highest BCUT2D eigenvalue weighted by molar-refractivity contribution is 8.19. The largest absolute Gasteiger partial charge is 0.497 e. The van der Waals surface area contributed by atoms with Crippen molar-refractivity contribution >= 4 is 40.3 Å². The van der Waals surface area contributed by atoms with E-state index in [1.807, 2.05) is 42.3 Å². The molecule has 1 saturated heterocycles. The van der Waals surface area contributed by atoms with Crippen LogP contribution in [0.2, 0.25) is 0 Å². The van der Waals surface area contributed by atoms with Gasteiger partial charge in [-0.1, -0.05) is 61.4 Å². The van der Waals surface area contributed by atoms with Gasteiger partial charge in [-0.05, 0) is 49.2 Å². The van der Waals surface area contributed by atoms with E-state index in [4.69, 9.17) is 9.73 Å². The van der Waals surface area contributed by atoms with Gasteiger partial charge in [0.2, 0.25) is 0 Å². The summed E-state index contributed by atoms with van der Waals surface area (Å²) < 4.78 is 5.42. The van der Waals surface area contributed by atoms with Gasteiger partial charge in [-0.2, -0.15) is 0 Å². The number of aliphatic imine (C=N–C) groups is 1. The number of rotatable bonds is 4. The second-order valence-electron chi connectivity index (χ2n) is 8.70. The maximum atomic E-state index is 13.8. The lowest BCUT2D eigenvalue weighted by Gasteiger charge is -2.30. The van der Waals surface area contributed by atoms with E-state index in [1.54, 1.807) is 18.9 Å². The fraction of sp³-hybridized carbons (Fsp3) is 0.385. The molecule has 33 heavy (non-hydrogen) atoms. The van der Waals surface area contributed by atoms with Gasteiger partial charge in [-0.3, -0.25) is 14.7 Å². The molecule has 2 aromatic carbocycles. The van der Waals surface area contributed by atoms with Crippen molar-refractivity contribution < 1.29 is 9.53 Å². The van der Waals surface area contributed by atoms with Gasteiger partial charge >= 0.3 is 0 Å². The molecule has 1 saturated carbocycles. The van der Waals surface area contributed by atoms with E-state index < -0.39 is 0 Å². The third-order valence-electron chi connectivity index (χ3n) is 6.57. The summed E-state index contributed by atoms with van der Waals surface area (Å²) in [5.74, 6) is 0.917. The standard InChI is InChI=1S/C26H29N3O2S2/c1-17(18-10-6-4-7-11-18)27-26-29(19-12-8-5-9-13-19)24(30)23(33-26)25-28(2)21-16-20(31-3)14-15-22(21)32-25/h4,6-7,10-11,14-17,19H,5,8-9,12-13H2,1-3H3.